The molecule has 0 saturated heterocycles. The van der Waals surface area contributed by atoms with Crippen LogP contribution in [0.15, 0.2) is 78.9 Å². The second-order valence-electron chi connectivity index (χ2n) is 9.67. The summed E-state index contributed by atoms with van der Waals surface area (Å²) in [4.78, 5) is 13.8. The fourth-order valence-corrected chi connectivity index (χ4v) is 5.21. The maximum Gasteiger partial charge on any atom is 0.336 e. The van der Waals surface area contributed by atoms with Crippen molar-refractivity contribution in [3.8, 4) is 5.75 Å². The minimum absolute atomic E-state index is 0. The molecule has 0 radical (unpaired) electrons. The number of carbonyl (C=O) groups is 1. The van der Waals surface area contributed by atoms with Gasteiger partial charge in [-0.25, -0.2) is 9.18 Å². The van der Waals surface area contributed by atoms with Gasteiger partial charge in [-0.2, -0.15) is 0 Å². The van der Waals surface area contributed by atoms with E-state index in [0.29, 0.717) is 23.8 Å². The largest absolute Gasteiger partial charge is 0.486 e. The van der Waals surface area contributed by atoms with Crippen LogP contribution in [-0.2, 0) is 0 Å². The molecule has 0 bridgehead atoms. The second-order valence-corrected chi connectivity index (χ2v) is 9.67. The lowest BCUT2D eigenvalue weighted by atomic mass is 9.90. The monoisotopic (exact) mass is 519 g/mol. The molecule has 1 aliphatic heterocycles. The smallest absolute Gasteiger partial charge is 0.336 e. The summed E-state index contributed by atoms with van der Waals surface area (Å²) >= 11 is 0. The number of rotatable bonds is 7. The Balaban J connectivity index is 0.00000320. The van der Waals surface area contributed by atoms with E-state index in [0.717, 1.165) is 30.6 Å². The molecule has 1 aliphatic rings. The second kappa shape index (κ2) is 11.2. The van der Waals surface area contributed by atoms with Crippen LogP contribution in [0.3, 0.4) is 0 Å². The van der Waals surface area contributed by atoms with E-state index in [1.165, 1.54) is 28.5 Å². The van der Waals surface area contributed by atoms with E-state index >= 15 is 0 Å². The lowest BCUT2D eigenvalue weighted by Crippen LogP contribution is -2.37. The van der Waals surface area contributed by atoms with Crippen LogP contribution in [0.25, 0.3) is 10.8 Å². The Hall–Kier alpha value is -3.57. The summed E-state index contributed by atoms with van der Waals surface area (Å²) in [6.07, 6.45) is 2.66. The molecule has 0 amide bonds. The number of aryl methyl sites for hydroxylation is 1. The number of aromatic carboxylic acids is 1. The first-order chi connectivity index (χ1) is 17.4. The lowest BCUT2D eigenvalue weighted by molar-refractivity contribution is 0.0696. The minimum Gasteiger partial charge on any atom is -0.486 e. The maximum atomic E-state index is 14.1. The van der Waals surface area contributed by atoms with Crippen LogP contribution in [0.1, 0.15) is 53.6 Å². The third kappa shape index (κ3) is 5.57. The first-order valence-corrected chi connectivity index (χ1v) is 12.5. The molecule has 4 nitrogen and oxygen atoms in total. The van der Waals surface area contributed by atoms with Crippen LogP contribution >= 0.6 is 12.4 Å². The molecule has 1 unspecified atom stereocenters. The topological polar surface area (TPSA) is 49.8 Å². The number of ether oxygens (including phenoxy) is 1. The lowest BCUT2D eigenvalue weighted by Gasteiger charge is -2.36. The number of carboxylic acid groups (broad SMARTS) is 1. The van der Waals surface area contributed by atoms with E-state index in [4.69, 9.17) is 4.74 Å². The van der Waals surface area contributed by atoms with E-state index in [1.807, 2.05) is 17.0 Å². The van der Waals surface area contributed by atoms with Gasteiger partial charge in [-0.15, -0.1) is 12.4 Å². The Morgan fingerprint density at radius 3 is 2.68 bits per heavy atom. The molecular weight excluding hydrogens is 489 g/mol. The average Bonchev–Trinajstić information content (AvgIpc) is 2.87. The van der Waals surface area contributed by atoms with Gasteiger partial charge in [0.05, 0.1) is 17.8 Å². The summed E-state index contributed by atoms with van der Waals surface area (Å²) in [5, 5.41) is 12.2. The Kier molecular flexibility index (Phi) is 8.03. The van der Waals surface area contributed by atoms with Crippen LogP contribution < -0.4 is 9.64 Å². The van der Waals surface area contributed by atoms with Gasteiger partial charge >= 0.3 is 5.97 Å². The molecule has 4 aromatic rings. The third-order valence-electron chi connectivity index (χ3n) is 7.17. The Morgan fingerprint density at radius 1 is 1.08 bits per heavy atom. The van der Waals surface area contributed by atoms with Crippen LogP contribution in [0.4, 0.5) is 15.8 Å². The van der Waals surface area contributed by atoms with E-state index in [1.54, 1.807) is 19.1 Å². The molecule has 0 spiro atoms. The molecule has 6 heteroatoms. The summed E-state index contributed by atoms with van der Waals surface area (Å²) in [6.45, 7) is 4.62. The van der Waals surface area contributed by atoms with Crippen molar-refractivity contribution in [2.75, 3.05) is 11.4 Å². The number of fused-ring (bicyclic) bond motifs is 2. The van der Waals surface area contributed by atoms with Gasteiger partial charge in [-0.05, 0) is 78.3 Å². The van der Waals surface area contributed by atoms with E-state index in [9.17, 15) is 14.3 Å². The standard InChI is InChI=1S/C31H30FNO3.ClH/c1-20(26-12-6-9-22-8-3-4-11-27(22)26)7-5-10-25-19-33(29-16-14-23(32)17-30(29)36-25)24-15-13-21(2)28(18-24)31(34)35;/h3-4,6,8-9,11-18,20,25H,5,7,10,19H2,1-2H3,(H,34,35);1H/t20-,25?;/m0./s1. The molecule has 37 heavy (non-hydrogen) atoms. The van der Waals surface area contributed by atoms with Gasteiger partial charge in [-0.3, -0.25) is 0 Å². The van der Waals surface area contributed by atoms with Crippen molar-refractivity contribution in [3.63, 3.8) is 0 Å². The number of benzene rings is 4. The highest BCUT2D eigenvalue weighted by atomic mass is 35.5. The fourth-order valence-electron chi connectivity index (χ4n) is 5.21. The van der Waals surface area contributed by atoms with E-state index < -0.39 is 5.97 Å². The van der Waals surface area contributed by atoms with Crippen molar-refractivity contribution in [1.29, 1.82) is 0 Å². The summed E-state index contributed by atoms with van der Waals surface area (Å²) in [5.74, 6) is -0.420. The van der Waals surface area contributed by atoms with Crippen molar-refractivity contribution in [1.82, 2.24) is 0 Å². The van der Waals surface area contributed by atoms with Crippen LogP contribution in [0, 0.1) is 12.7 Å². The highest BCUT2D eigenvalue weighted by Gasteiger charge is 2.28. The zero-order valence-corrected chi connectivity index (χ0v) is 21.8. The molecule has 0 saturated carbocycles. The summed E-state index contributed by atoms with van der Waals surface area (Å²) in [5.41, 5.74) is 3.84. The first kappa shape index (κ1) is 26.5. The first-order valence-electron chi connectivity index (χ1n) is 12.5. The number of hydrogen-bond acceptors (Lipinski definition) is 3. The average molecular weight is 520 g/mol. The number of hydrogen-bond donors (Lipinski definition) is 1. The van der Waals surface area contributed by atoms with E-state index in [-0.39, 0.29) is 29.9 Å². The molecule has 5 rings (SSSR count). The Labute approximate surface area is 223 Å². The van der Waals surface area contributed by atoms with Gasteiger partial charge in [0.1, 0.15) is 17.7 Å². The van der Waals surface area contributed by atoms with Crippen molar-refractivity contribution < 1.29 is 19.0 Å². The minimum atomic E-state index is -0.957. The number of nitrogens with zero attached hydrogens (tertiary/aromatic N) is 1. The fraction of sp³-hybridized carbons (Fsp3) is 0.258. The predicted octanol–water partition coefficient (Wildman–Crippen LogP) is 8.28. The third-order valence-corrected chi connectivity index (χ3v) is 7.17. The Bertz CT molecular complexity index is 1420. The van der Waals surface area contributed by atoms with Crippen LogP contribution in [-0.4, -0.2) is 23.7 Å². The molecule has 0 aromatic heterocycles. The SMILES string of the molecule is Cc1ccc(N2CC(CCC[C@H](C)c3cccc4ccccc34)Oc3cc(F)ccc32)cc1C(=O)O.Cl. The number of anilines is 2. The normalized spacial score (nSPS) is 15.4. The molecular formula is C31H31ClFNO3. The van der Waals surface area contributed by atoms with Gasteiger partial charge in [0.2, 0.25) is 0 Å². The van der Waals surface area contributed by atoms with Crippen molar-refractivity contribution in [2.45, 2.75) is 45.1 Å². The highest BCUT2D eigenvalue weighted by Crippen LogP contribution is 2.40. The zero-order chi connectivity index (χ0) is 25.2. The molecule has 1 heterocycles. The molecule has 4 aromatic carbocycles. The van der Waals surface area contributed by atoms with Crippen molar-refractivity contribution in [2.24, 2.45) is 0 Å². The summed E-state index contributed by atoms with van der Waals surface area (Å²) < 4.78 is 20.3. The van der Waals surface area contributed by atoms with Gasteiger partial charge in [0, 0.05) is 11.8 Å². The quantitative estimate of drug-likeness (QED) is 0.267. The Morgan fingerprint density at radius 2 is 1.86 bits per heavy atom. The highest BCUT2D eigenvalue weighted by molar-refractivity contribution is 5.91. The van der Waals surface area contributed by atoms with Crippen molar-refractivity contribution in [3.05, 3.63) is 101 Å². The van der Waals surface area contributed by atoms with Crippen LogP contribution in [0.2, 0.25) is 0 Å². The number of halogens is 2. The molecule has 0 fully saturated rings. The van der Waals surface area contributed by atoms with Crippen molar-refractivity contribution >= 4 is 40.5 Å². The van der Waals surface area contributed by atoms with E-state index in [2.05, 4.69) is 49.4 Å². The molecule has 1 N–H and O–H groups in total. The van der Waals surface area contributed by atoms with Gasteiger partial charge in [-0.1, -0.05) is 55.5 Å². The number of carboxylic acids is 1. The molecule has 0 aliphatic carbocycles. The predicted molar refractivity (Wildman–Crippen MR) is 149 cm³/mol. The van der Waals surface area contributed by atoms with Gasteiger partial charge in [0.25, 0.3) is 0 Å². The molecule has 192 valence electrons. The van der Waals surface area contributed by atoms with Crippen LogP contribution in [0.5, 0.6) is 5.75 Å². The summed E-state index contributed by atoms with van der Waals surface area (Å²) in [7, 11) is 0. The molecule has 2 atom stereocenters. The van der Waals surface area contributed by atoms with Gasteiger partial charge < -0.3 is 14.7 Å². The zero-order valence-electron chi connectivity index (χ0n) is 21.0. The van der Waals surface area contributed by atoms with Gasteiger partial charge in [0.15, 0.2) is 0 Å². The maximum absolute atomic E-state index is 14.1. The summed E-state index contributed by atoms with van der Waals surface area (Å²) in [6, 6.07) is 24.9.